The molecule has 0 bridgehead atoms. The first kappa shape index (κ1) is 23.7. The largest absolute Gasteiger partial charge is 0.460 e. The molecule has 0 aliphatic heterocycles. The number of hydrogen-bond acceptors (Lipinski definition) is 3. The van der Waals surface area contributed by atoms with Crippen LogP contribution in [0, 0.1) is 0 Å². The molecule has 0 spiro atoms. The summed E-state index contributed by atoms with van der Waals surface area (Å²) < 4.78 is 5.82. The third-order valence-corrected chi connectivity index (χ3v) is 6.20. The van der Waals surface area contributed by atoms with Crippen molar-refractivity contribution < 1.29 is 9.53 Å². The fraction of sp³-hybridized carbons (Fsp3) is 0.167. The minimum Gasteiger partial charge on any atom is -0.460 e. The van der Waals surface area contributed by atoms with E-state index in [9.17, 15) is 4.79 Å². The van der Waals surface area contributed by atoms with Crippen LogP contribution in [0.5, 0.6) is 0 Å². The first-order valence-electron chi connectivity index (χ1n) is 11.4. The van der Waals surface area contributed by atoms with E-state index in [4.69, 9.17) is 16.3 Å². The molecule has 172 valence electrons. The maximum absolute atomic E-state index is 13.6. The zero-order valence-electron chi connectivity index (χ0n) is 19.0. The second kappa shape index (κ2) is 12.2. The summed E-state index contributed by atoms with van der Waals surface area (Å²) in [6.45, 7) is 1.34. The molecule has 0 N–H and O–H groups in total. The Morgan fingerprint density at radius 3 is 1.53 bits per heavy atom. The molecule has 2 atom stereocenters. The molecule has 0 amide bonds. The predicted octanol–water partition coefficient (Wildman–Crippen LogP) is 6.78. The fourth-order valence-corrected chi connectivity index (χ4v) is 4.38. The highest BCUT2D eigenvalue weighted by atomic mass is 35.5. The molecule has 0 heterocycles. The smallest absolute Gasteiger partial charge is 0.325 e. The van der Waals surface area contributed by atoms with Crippen molar-refractivity contribution in [2.24, 2.45) is 0 Å². The van der Waals surface area contributed by atoms with Gasteiger partial charge in [0.15, 0.2) is 0 Å². The van der Waals surface area contributed by atoms with Crippen molar-refractivity contribution in [1.29, 1.82) is 0 Å². The van der Waals surface area contributed by atoms with Crippen LogP contribution in [0.2, 0.25) is 0 Å². The minimum atomic E-state index is -0.673. The van der Waals surface area contributed by atoms with Gasteiger partial charge in [-0.1, -0.05) is 121 Å². The Balaban J connectivity index is 1.66. The lowest BCUT2D eigenvalue weighted by atomic mass is 10.0. The van der Waals surface area contributed by atoms with E-state index in [1.165, 1.54) is 0 Å². The maximum atomic E-state index is 13.6. The zero-order valence-corrected chi connectivity index (χ0v) is 19.7. The van der Waals surface area contributed by atoms with E-state index in [2.05, 4.69) is 29.2 Å². The van der Waals surface area contributed by atoms with Gasteiger partial charge in [-0.15, -0.1) is 11.6 Å². The van der Waals surface area contributed by atoms with Crippen LogP contribution in [-0.2, 0) is 29.2 Å². The lowest BCUT2D eigenvalue weighted by Crippen LogP contribution is -2.44. The van der Waals surface area contributed by atoms with Gasteiger partial charge < -0.3 is 4.74 Å². The number of carbonyl (C=O) groups excluding carboxylic acids is 1. The Labute approximate surface area is 206 Å². The molecule has 0 aromatic heterocycles. The average Bonchev–Trinajstić information content (AvgIpc) is 2.90. The average molecular weight is 470 g/mol. The number of esters is 1. The third-order valence-electron chi connectivity index (χ3n) is 5.71. The summed E-state index contributed by atoms with van der Waals surface area (Å²) in [5, 5.41) is -0.572. The molecule has 0 aliphatic rings. The van der Waals surface area contributed by atoms with Crippen molar-refractivity contribution in [3.05, 3.63) is 144 Å². The number of rotatable bonds is 10. The third kappa shape index (κ3) is 6.57. The minimum absolute atomic E-state index is 0.207. The number of nitrogens with zero attached hydrogens (tertiary/aromatic N) is 1. The van der Waals surface area contributed by atoms with Crippen LogP contribution in [0.4, 0.5) is 0 Å². The molecule has 34 heavy (non-hydrogen) atoms. The Bertz CT molecular complexity index is 1100. The Hall–Kier alpha value is -3.40. The molecule has 0 fully saturated rings. The summed E-state index contributed by atoms with van der Waals surface area (Å²) in [6, 6.07) is 39.1. The molecule has 4 rings (SSSR count). The van der Waals surface area contributed by atoms with Crippen molar-refractivity contribution in [2.75, 3.05) is 0 Å². The standard InChI is InChI=1S/C30H28ClNO2/c31-28(27-19-11-4-12-20-27)29(30(33)34-23-26-17-9-3-10-18-26)32(21-24-13-5-1-6-14-24)22-25-15-7-2-8-16-25/h1-20,28-29H,21-23H2. The number of alkyl halides is 1. The van der Waals surface area contributed by atoms with Crippen LogP contribution in [0.15, 0.2) is 121 Å². The quantitative estimate of drug-likeness (QED) is 0.189. The Morgan fingerprint density at radius 1 is 0.647 bits per heavy atom. The second-order valence-electron chi connectivity index (χ2n) is 8.23. The van der Waals surface area contributed by atoms with Crippen molar-refractivity contribution in [3.63, 3.8) is 0 Å². The van der Waals surface area contributed by atoms with E-state index >= 15 is 0 Å². The van der Waals surface area contributed by atoms with Gasteiger partial charge in [-0.2, -0.15) is 0 Å². The van der Waals surface area contributed by atoms with E-state index in [0.717, 1.165) is 22.3 Å². The molecule has 3 nitrogen and oxygen atoms in total. The highest BCUT2D eigenvalue weighted by Gasteiger charge is 2.35. The predicted molar refractivity (Wildman–Crippen MR) is 137 cm³/mol. The number of hydrogen-bond donors (Lipinski definition) is 0. The van der Waals surface area contributed by atoms with E-state index in [1.54, 1.807) is 0 Å². The molecule has 0 saturated heterocycles. The summed E-state index contributed by atoms with van der Waals surface area (Å²) in [7, 11) is 0. The molecule has 0 aliphatic carbocycles. The van der Waals surface area contributed by atoms with Crippen LogP contribution >= 0.6 is 11.6 Å². The normalized spacial score (nSPS) is 12.8. The van der Waals surface area contributed by atoms with Gasteiger partial charge in [0.2, 0.25) is 0 Å². The van der Waals surface area contributed by atoms with Gasteiger partial charge in [-0.25, -0.2) is 0 Å². The second-order valence-corrected chi connectivity index (χ2v) is 8.70. The van der Waals surface area contributed by atoms with Crippen molar-refractivity contribution >= 4 is 17.6 Å². The summed E-state index contributed by atoms with van der Waals surface area (Å²) in [6.07, 6.45) is 0. The highest BCUT2D eigenvalue weighted by Crippen LogP contribution is 2.31. The number of benzene rings is 4. The van der Waals surface area contributed by atoms with Gasteiger partial charge in [-0.3, -0.25) is 9.69 Å². The number of carbonyl (C=O) groups is 1. The summed E-state index contributed by atoms with van der Waals surface area (Å²) >= 11 is 7.03. The zero-order chi connectivity index (χ0) is 23.6. The van der Waals surface area contributed by atoms with E-state index in [1.807, 2.05) is 97.1 Å². The molecule has 4 aromatic rings. The van der Waals surface area contributed by atoms with Gasteiger partial charge in [0.05, 0.1) is 5.38 Å². The Morgan fingerprint density at radius 2 is 1.06 bits per heavy atom. The van der Waals surface area contributed by atoms with Crippen LogP contribution in [0.1, 0.15) is 27.6 Å². The van der Waals surface area contributed by atoms with Crippen LogP contribution in [-0.4, -0.2) is 16.9 Å². The first-order valence-corrected chi connectivity index (χ1v) is 11.9. The van der Waals surface area contributed by atoms with Gasteiger partial charge in [-0.05, 0) is 22.3 Å². The molecule has 0 saturated carbocycles. The topological polar surface area (TPSA) is 29.5 Å². The van der Waals surface area contributed by atoms with E-state index in [-0.39, 0.29) is 12.6 Å². The highest BCUT2D eigenvalue weighted by molar-refractivity contribution is 6.22. The lowest BCUT2D eigenvalue weighted by Gasteiger charge is -2.33. The van der Waals surface area contributed by atoms with Crippen LogP contribution in [0.25, 0.3) is 0 Å². The first-order chi connectivity index (χ1) is 16.7. The van der Waals surface area contributed by atoms with Gasteiger partial charge in [0.1, 0.15) is 12.6 Å². The SMILES string of the molecule is O=C(OCc1ccccc1)C(C(Cl)c1ccccc1)N(Cc1ccccc1)Cc1ccccc1. The molecule has 4 aromatic carbocycles. The van der Waals surface area contributed by atoms with E-state index < -0.39 is 11.4 Å². The summed E-state index contributed by atoms with van der Waals surface area (Å²) in [5.74, 6) is -0.334. The van der Waals surface area contributed by atoms with Gasteiger partial charge in [0.25, 0.3) is 0 Å². The molecule has 4 heteroatoms. The van der Waals surface area contributed by atoms with E-state index in [0.29, 0.717) is 13.1 Å². The Kier molecular flexibility index (Phi) is 8.50. The lowest BCUT2D eigenvalue weighted by molar-refractivity contribution is -0.152. The summed E-state index contributed by atoms with van der Waals surface area (Å²) in [4.78, 5) is 15.7. The number of ether oxygens (including phenoxy) is 1. The maximum Gasteiger partial charge on any atom is 0.325 e. The molecular formula is C30H28ClNO2. The molecule has 2 unspecified atom stereocenters. The van der Waals surface area contributed by atoms with Gasteiger partial charge in [0, 0.05) is 13.1 Å². The van der Waals surface area contributed by atoms with Crippen LogP contribution < -0.4 is 0 Å². The van der Waals surface area contributed by atoms with Crippen molar-refractivity contribution in [3.8, 4) is 0 Å². The van der Waals surface area contributed by atoms with Gasteiger partial charge >= 0.3 is 5.97 Å². The fourth-order valence-electron chi connectivity index (χ4n) is 3.98. The summed E-state index contributed by atoms with van der Waals surface area (Å²) in [5.41, 5.74) is 4.04. The van der Waals surface area contributed by atoms with Crippen molar-refractivity contribution in [1.82, 2.24) is 4.90 Å². The number of halogens is 1. The molecular weight excluding hydrogens is 442 g/mol. The van der Waals surface area contributed by atoms with Crippen molar-refractivity contribution in [2.45, 2.75) is 31.1 Å². The monoisotopic (exact) mass is 469 g/mol. The van der Waals surface area contributed by atoms with Crippen LogP contribution in [0.3, 0.4) is 0 Å². The molecule has 0 radical (unpaired) electrons.